The number of hydrogen-bond donors (Lipinski definition) is 1. The number of rotatable bonds is 3. The van der Waals surface area contributed by atoms with E-state index in [-0.39, 0.29) is 11.7 Å². The highest BCUT2D eigenvalue weighted by atomic mass is 16.1. The molecule has 1 aromatic carbocycles. The molecule has 1 aromatic rings. The lowest BCUT2D eigenvalue weighted by atomic mass is 9.92. The molecule has 1 N–H and O–H groups in total. The molecular weight excluding hydrogens is 222 g/mol. The van der Waals surface area contributed by atoms with E-state index in [1.807, 2.05) is 6.08 Å². The van der Waals surface area contributed by atoms with Crippen LogP contribution in [0.2, 0.25) is 0 Å². The Morgan fingerprint density at radius 3 is 2.44 bits per heavy atom. The lowest BCUT2D eigenvalue weighted by Gasteiger charge is -2.19. The summed E-state index contributed by atoms with van der Waals surface area (Å²) in [5, 5.41) is 3.29. The van der Waals surface area contributed by atoms with Crippen molar-refractivity contribution < 1.29 is 4.79 Å². The zero-order chi connectivity index (χ0) is 13.0. The van der Waals surface area contributed by atoms with E-state index in [1.54, 1.807) is 6.08 Å². The maximum Gasteiger partial charge on any atom is 0.158 e. The van der Waals surface area contributed by atoms with Gasteiger partial charge in [-0.3, -0.25) is 4.79 Å². The van der Waals surface area contributed by atoms with Crippen molar-refractivity contribution in [1.29, 1.82) is 0 Å². The fourth-order valence-corrected chi connectivity index (χ4v) is 2.50. The van der Waals surface area contributed by atoms with Crippen LogP contribution >= 0.6 is 0 Å². The molecule has 1 aliphatic heterocycles. The van der Waals surface area contributed by atoms with Crippen LogP contribution in [0, 0.1) is 19.8 Å². The number of hydrogen-bond acceptors (Lipinski definition) is 2. The van der Waals surface area contributed by atoms with Gasteiger partial charge in [-0.15, -0.1) is 0 Å². The second-order valence-corrected chi connectivity index (χ2v) is 5.07. The number of nitrogens with one attached hydrogen (secondary N) is 1. The molecule has 1 fully saturated rings. The molecular formula is C16H21NO. The summed E-state index contributed by atoms with van der Waals surface area (Å²) in [6, 6.07) is 6.22. The van der Waals surface area contributed by atoms with Crippen LogP contribution in [0.25, 0.3) is 6.08 Å². The monoisotopic (exact) mass is 243 g/mol. The van der Waals surface area contributed by atoms with E-state index in [0.29, 0.717) is 0 Å². The largest absolute Gasteiger partial charge is 0.317 e. The van der Waals surface area contributed by atoms with Crippen molar-refractivity contribution in [2.45, 2.75) is 26.7 Å². The number of carbonyl (C=O) groups is 1. The van der Waals surface area contributed by atoms with E-state index < -0.39 is 0 Å². The molecule has 0 radical (unpaired) electrons. The second-order valence-electron chi connectivity index (χ2n) is 5.07. The minimum absolute atomic E-state index is 0.215. The van der Waals surface area contributed by atoms with Gasteiger partial charge in [-0.1, -0.05) is 24.3 Å². The van der Waals surface area contributed by atoms with Gasteiger partial charge in [0.2, 0.25) is 0 Å². The Bertz CT molecular complexity index is 436. The number of aryl methyl sites for hydroxylation is 2. The summed E-state index contributed by atoms with van der Waals surface area (Å²) in [7, 11) is 0. The maximum atomic E-state index is 12.1. The number of carbonyl (C=O) groups excluding carboxylic acids is 1. The highest BCUT2D eigenvalue weighted by Crippen LogP contribution is 2.17. The Morgan fingerprint density at radius 2 is 1.83 bits per heavy atom. The first kappa shape index (κ1) is 13.0. The number of ketones is 1. The van der Waals surface area contributed by atoms with Crippen molar-refractivity contribution >= 4 is 11.9 Å². The van der Waals surface area contributed by atoms with E-state index in [0.717, 1.165) is 25.9 Å². The van der Waals surface area contributed by atoms with Crippen molar-refractivity contribution in [3.05, 3.63) is 41.0 Å². The molecule has 0 atom stereocenters. The predicted molar refractivity (Wildman–Crippen MR) is 75.6 cm³/mol. The van der Waals surface area contributed by atoms with E-state index in [4.69, 9.17) is 0 Å². The van der Waals surface area contributed by atoms with Gasteiger partial charge in [0, 0.05) is 5.92 Å². The molecule has 0 aromatic heterocycles. The second kappa shape index (κ2) is 5.96. The maximum absolute atomic E-state index is 12.1. The van der Waals surface area contributed by atoms with Crippen LogP contribution in [0.4, 0.5) is 0 Å². The Kier molecular flexibility index (Phi) is 4.32. The molecule has 96 valence electrons. The van der Waals surface area contributed by atoms with Gasteiger partial charge in [-0.25, -0.2) is 0 Å². The summed E-state index contributed by atoms with van der Waals surface area (Å²) in [5.74, 6) is 0.492. The summed E-state index contributed by atoms with van der Waals surface area (Å²) < 4.78 is 0. The normalized spacial score (nSPS) is 17.2. The molecule has 0 amide bonds. The molecule has 0 spiro atoms. The van der Waals surface area contributed by atoms with Gasteiger partial charge >= 0.3 is 0 Å². The first-order valence-electron chi connectivity index (χ1n) is 6.67. The van der Waals surface area contributed by atoms with Crippen LogP contribution in [0.1, 0.15) is 29.5 Å². The fourth-order valence-electron chi connectivity index (χ4n) is 2.50. The third kappa shape index (κ3) is 3.08. The van der Waals surface area contributed by atoms with Gasteiger partial charge in [-0.2, -0.15) is 0 Å². The van der Waals surface area contributed by atoms with Crippen molar-refractivity contribution in [3.8, 4) is 0 Å². The standard InChI is InChI=1S/C16H21NO/c1-12-4-3-5-13(2)15(12)6-7-16(18)14-8-10-17-11-9-14/h3-7,14,17H,8-11H2,1-2H3. The molecule has 2 nitrogen and oxygen atoms in total. The lowest BCUT2D eigenvalue weighted by Crippen LogP contribution is -2.31. The molecule has 1 heterocycles. The van der Waals surface area contributed by atoms with Gasteiger partial charge in [0.05, 0.1) is 0 Å². The Labute approximate surface area is 109 Å². The molecule has 1 saturated heterocycles. The van der Waals surface area contributed by atoms with Crippen LogP contribution < -0.4 is 5.32 Å². The van der Waals surface area contributed by atoms with Crippen LogP contribution in [-0.4, -0.2) is 18.9 Å². The van der Waals surface area contributed by atoms with Gasteiger partial charge in [0.1, 0.15) is 0 Å². The Balaban J connectivity index is 2.08. The zero-order valence-electron chi connectivity index (χ0n) is 11.2. The van der Waals surface area contributed by atoms with E-state index in [2.05, 4.69) is 37.4 Å². The highest BCUT2D eigenvalue weighted by Gasteiger charge is 2.18. The molecule has 0 aliphatic carbocycles. The quantitative estimate of drug-likeness (QED) is 0.827. The Hall–Kier alpha value is -1.41. The zero-order valence-corrected chi connectivity index (χ0v) is 11.2. The minimum Gasteiger partial charge on any atom is -0.317 e. The number of allylic oxidation sites excluding steroid dienone is 1. The topological polar surface area (TPSA) is 29.1 Å². The van der Waals surface area contributed by atoms with Crippen molar-refractivity contribution in [2.24, 2.45) is 5.92 Å². The molecule has 0 unspecified atom stereocenters. The first-order chi connectivity index (χ1) is 8.68. The van der Waals surface area contributed by atoms with Crippen molar-refractivity contribution in [1.82, 2.24) is 5.32 Å². The summed E-state index contributed by atoms with van der Waals surface area (Å²) in [6.07, 6.45) is 5.69. The average molecular weight is 243 g/mol. The van der Waals surface area contributed by atoms with Crippen molar-refractivity contribution in [3.63, 3.8) is 0 Å². The van der Waals surface area contributed by atoms with E-state index >= 15 is 0 Å². The van der Waals surface area contributed by atoms with Gasteiger partial charge in [0.25, 0.3) is 0 Å². The summed E-state index contributed by atoms with van der Waals surface area (Å²) in [6.45, 7) is 6.10. The summed E-state index contributed by atoms with van der Waals surface area (Å²) in [4.78, 5) is 12.1. The molecule has 2 rings (SSSR count). The molecule has 0 saturated carbocycles. The van der Waals surface area contributed by atoms with Gasteiger partial charge < -0.3 is 5.32 Å². The predicted octanol–water partition coefficient (Wildman–Crippen LogP) is 2.89. The van der Waals surface area contributed by atoms with Crippen molar-refractivity contribution in [2.75, 3.05) is 13.1 Å². The van der Waals surface area contributed by atoms with Crippen LogP contribution in [0.15, 0.2) is 24.3 Å². The summed E-state index contributed by atoms with van der Waals surface area (Å²) in [5.41, 5.74) is 3.63. The van der Waals surface area contributed by atoms with Gasteiger partial charge in [0.15, 0.2) is 5.78 Å². The third-order valence-corrected chi connectivity index (χ3v) is 3.70. The third-order valence-electron chi connectivity index (χ3n) is 3.70. The fraction of sp³-hybridized carbons (Fsp3) is 0.438. The smallest absolute Gasteiger partial charge is 0.158 e. The Morgan fingerprint density at radius 1 is 1.22 bits per heavy atom. The minimum atomic E-state index is 0.215. The molecule has 0 bridgehead atoms. The molecule has 2 heteroatoms. The van der Waals surface area contributed by atoms with E-state index in [9.17, 15) is 4.79 Å². The molecule has 18 heavy (non-hydrogen) atoms. The first-order valence-corrected chi connectivity index (χ1v) is 6.67. The SMILES string of the molecule is Cc1cccc(C)c1C=CC(=O)C1CCNCC1. The van der Waals surface area contributed by atoms with E-state index in [1.165, 1.54) is 16.7 Å². The lowest BCUT2D eigenvalue weighted by molar-refractivity contribution is -0.118. The van der Waals surface area contributed by atoms with Crippen LogP contribution in [0.5, 0.6) is 0 Å². The van der Waals surface area contributed by atoms with Crippen LogP contribution in [0.3, 0.4) is 0 Å². The highest BCUT2D eigenvalue weighted by molar-refractivity contribution is 5.95. The number of piperidine rings is 1. The van der Waals surface area contributed by atoms with Gasteiger partial charge in [-0.05, 0) is 62.5 Å². The van der Waals surface area contributed by atoms with Crippen LogP contribution in [-0.2, 0) is 4.79 Å². The summed E-state index contributed by atoms with van der Waals surface area (Å²) >= 11 is 0. The average Bonchev–Trinajstić information content (AvgIpc) is 2.39. The number of benzene rings is 1. The molecule has 1 aliphatic rings.